The number of hydrogen-bond donors (Lipinski definition) is 1. The zero-order valence-corrected chi connectivity index (χ0v) is 8.65. The van der Waals surface area contributed by atoms with Gasteiger partial charge in [-0.05, 0) is 34.5 Å². The Balaban J connectivity index is 2.80. The molecule has 1 aromatic carbocycles. The van der Waals surface area contributed by atoms with Gasteiger partial charge < -0.3 is 5.11 Å². The SMILES string of the molecule is OCc1cc(Br)cc2ccsc12. The van der Waals surface area contributed by atoms with Gasteiger partial charge >= 0.3 is 0 Å². The van der Waals surface area contributed by atoms with Crippen molar-refractivity contribution in [2.24, 2.45) is 0 Å². The van der Waals surface area contributed by atoms with E-state index >= 15 is 0 Å². The Morgan fingerprint density at radius 2 is 2.25 bits per heavy atom. The van der Waals surface area contributed by atoms with Gasteiger partial charge in [0.05, 0.1) is 6.61 Å². The molecule has 1 aromatic heterocycles. The van der Waals surface area contributed by atoms with E-state index in [-0.39, 0.29) is 6.61 Å². The number of aliphatic hydroxyl groups excluding tert-OH is 1. The molecule has 0 aliphatic rings. The van der Waals surface area contributed by atoms with Crippen LogP contribution in [-0.4, -0.2) is 5.11 Å². The molecular weight excluding hydrogens is 236 g/mol. The standard InChI is InChI=1S/C9H7BrOS/c10-8-3-6-1-2-12-9(6)7(4-8)5-11/h1-4,11H,5H2. The molecule has 1 heterocycles. The van der Waals surface area contributed by atoms with Crippen LogP contribution in [0.2, 0.25) is 0 Å². The quantitative estimate of drug-likeness (QED) is 0.815. The average Bonchev–Trinajstić information content (AvgIpc) is 2.50. The number of hydrogen-bond acceptors (Lipinski definition) is 2. The van der Waals surface area contributed by atoms with Crippen LogP contribution >= 0.6 is 27.3 Å². The molecule has 0 aliphatic carbocycles. The van der Waals surface area contributed by atoms with Crippen LogP contribution < -0.4 is 0 Å². The summed E-state index contributed by atoms with van der Waals surface area (Å²) >= 11 is 5.07. The highest BCUT2D eigenvalue weighted by Gasteiger charge is 2.02. The molecule has 0 spiro atoms. The van der Waals surface area contributed by atoms with Crippen LogP contribution in [0.3, 0.4) is 0 Å². The minimum Gasteiger partial charge on any atom is -0.392 e. The van der Waals surface area contributed by atoms with E-state index in [1.165, 1.54) is 10.1 Å². The third-order valence-corrected chi connectivity index (χ3v) is 3.23. The molecule has 62 valence electrons. The van der Waals surface area contributed by atoms with E-state index in [0.717, 1.165) is 10.0 Å². The van der Waals surface area contributed by atoms with Crippen LogP contribution in [0, 0.1) is 0 Å². The zero-order valence-electron chi connectivity index (χ0n) is 6.25. The van der Waals surface area contributed by atoms with Crippen molar-refractivity contribution >= 4 is 37.4 Å². The maximum atomic E-state index is 9.06. The molecule has 1 N–H and O–H groups in total. The van der Waals surface area contributed by atoms with Gasteiger partial charge in [0.15, 0.2) is 0 Å². The Labute approximate surface area is 82.8 Å². The van der Waals surface area contributed by atoms with Crippen LogP contribution in [-0.2, 0) is 6.61 Å². The maximum Gasteiger partial charge on any atom is 0.0696 e. The first-order valence-electron chi connectivity index (χ1n) is 3.58. The number of halogens is 1. The normalized spacial score (nSPS) is 10.8. The van der Waals surface area contributed by atoms with Gasteiger partial charge in [0.1, 0.15) is 0 Å². The Hall–Kier alpha value is -0.380. The minimum absolute atomic E-state index is 0.108. The molecule has 3 heteroatoms. The summed E-state index contributed by atoms with van der Waals surface area (Å²) in [5.74, 6) is 0. The fourth-order valence-corrected chi connectivity index (χ4v) is 2.65. The second kappa shape index (κ2) is 3.17. The summed E-state index contributed by atoms with van der Waals surface area (Å²) in [5.41, 5.74) is 0.995. The summed E-state index contributed by atoms with van der Waals surface area (Å²) < 4.78 is 2.21. The van der Waals surface area contributed by atoms with Gasteiger partial charge in [-0.15, -0.1) is 11.3 Å². The molecule has 0 saturated carbocycles. The molecule has 0 radical (unpaired) electrons. The first-order valence-corrected chi connectivity index (χ1v) is 5.25. The molecule has 0 aliphatic heterocycles. The molecule has 0 saturated heterocycles. The maximum absolute atomic E-state index is 9.06. The van der Waals surface area contributed by atoms with Crippen LogP contribution in [0.15, 0.2) is 28.1 Å². The third kappa shape index (κ3) is 1.28. The largest absolute Gasteiger partial charge is 0.392 e. The Morgan fingerprint density at radius 3 is 3.00 bits per heavy atom. The first-order chi connectivity index (χ1) is 5.81. The minimum atomic E-state index is 0.108. The van der Waals surface area contributed by atoms with Crippen molar-refractivity contribution in [2.45, 2.75) is 6.61 Å². The van der Waals surface area contributed by atoms with Crippen molar-refractivity contribution in [1.82, 2.24) is 0 Å². The fourth-order valence-electron chi connectivity index (χ4n) is 1.23. The van der Waals surface area contributed by atoms with E-state index in [4.69, 9.17) is 5.11 Å². The molecule has 2 aromatic rings. The number of rotatable bonds is 1. The van der Waals surface area contributed by atoms with Crippen LogP contribution in [0.5, 0.6) is 0 Å². The molecule has 0 bridgehead atoms. The lowest BCUT2D eigenvalue weighted by Gasteiger charge is -1.99. The molecule has 0 unspecified atom stereocenters. The van der Waals surface area contributed by atoms with Gasteiger partial charge in [0.2, 0.25) is 0 Å². The second-order valence-corrected chi connectivity index (χ2v) is 4.39. The Morgan fingerprint density at radius 1 is 1.42 bits per heavy atom. The van der Waals surface area contributed by atoms with Gasteiger partial charge in [-0.1, -0.05) is 15.9 Å². The molecule has 12 heavy (non-hydrogen) atoms. The van der Waals surface area contributed by atoms with Gasteiger partial charge in [0, 0.05) is 9.17 Å². The summed E-state index contributed by atoms with van der Waals surface area (Å²) in [6.07, 6.45) is 0. The van der Waals surface area contributed by atoms with Gasteiger partial charge in [0.25, 0.3) is 0 Å². The topological polar surface area (TPSA) is 20.2 Å². The summed E-state index contributed by atoms with van der Waals surface area (Å²) in [7, 11) is 0. The average molecular weight is 243 g/mol. The van der Waals surface area contributed by atoms with Crippen molar-refractivity contribution in [3.63, 3.8) is 0 Å². The molecular formula is C9H7BrOS. The predicted molar refractivity (Wildman–Crippen MR) is 55.4 cm³/mol. The highest BCUT2D eigenvalue weighted by atomic mass is 79.9. The van der Waals surface area contributed by atoms with Gasteiger partial charge in [-0.25, -0.2) is 0 Å². The lowest BCUT2D eigenvalue weighted by Crippen LogP contribution is -1.82. The highest BCUT2D eigenvalue weighted by Crippen LogP contribution is 2.28. The van der Waals surface area contributed by atoms with Crippen LogP contribution in [0.1, 0.15) is 5.56 Å². The molecule has 0 atom stereocenters. The fraction of sp³-hybridized carbons (Fsp3) is 0.111. The van der Waals surface area contributed by atoms with Crippen LogP contribution in [0.4, 0.5) is 0 Å². The van der Waals surface area contributed by atoms with E-state index < -0.39 is 0 Å². The van der Waals surface area contributed by atoms with Crippen molar-refractivity contribution in [1.29, 1.82) is 0 Å². The molecule has 0 amide bonds. The van der Waals surface area contributed by atoms with Gasteiger partial charge in [-0.3, -0.25) is 0 Å². The smallest absolute Gasteiger partial charge is 0.0696 e. The van der Waals surface area contributed by atoms with Crippen molar-refractivity contribution < 1.29 is 5.11 Å². The number of aliphatic hydroxyl groups is 1. The van der Waals surface area contributed by atoms with E-state index in [1.807, 2.05) is 11.4 Å². The second-order valence-electron chi connectivity index (χ2n) is 2.56. The van der Waals surface area contributed by atoms with E-state index in [0.29, 0.717) is 0 Å². The lowest BCUT2D eigenvalue weighted by atomic mass is 10.2. The van der Waals surface area contributed by atoms with Crippen molar-refractivity contribution in [3.8, 4) is 0 Å². The third-order valence-electron chi connectivity index (χ3n) is 1.76. The van der Waals surface area contributed by atoms with Crippen molar-refractivity contribution in [2.75, 3.05) is 0 Å². The molecule has 1 nitrogen and oxygen atoms in total. The van der Waals surface area contributed by atoms with E-state index in [9.17, 15) is 0 Å². The van der Waals surface area contributed by atoms with Crippen molar-refractivity contribution in [3.05, 3.63) is 33.6 Å². The number of benzene rings is 1. The lowest BCUT2D eigenvalue weighted by molar-refractivity contribution is 0.283. The number of fused-ring (bicyclic) bond motifs is 1. The first kappa shape index (κ1) is 8.23. The zero-order chi connectivity index (χ0) is 8.55. The summed E-state index contributed by atoms with van der Waals surface area (Å²) in [4.78, 5) is 0. The monoisotopic (exact) mass is 242 g/mol. The van der Waals surface area contributed by atoms with E-state index in [2.05, 4.69) is 28.1 Å². The van der Waals surface area contributed by atoms with Crippen LogP contribution in [0.25, 0.3) is 10.1 Å². The number of thiophene rings is 1. The predicted octanol–water partition coefficient (Wildman–Crippen LogP) is 3.16. The van der Waals surface area contributed by atoms with Gasteiger partial charge in [-0.2, -0.15) is 0 Å². The Bertz CT molecular complexity index is 408. The van der Waals surface area contributed by atoms with E-state index in [1.54, 1.807) is 11.3 Å². The molecule has 2 rings (SSSR count). The summed E-state index contributed by atoms with van der Waals surface area (Å²) in [5, 5.41) is 12.3. The summed E-state index contributed by atoms with van der Waals surface area (Å²) in [6.45, 7) is 0.108. The summed E-state index contributed by atoms with van der Waals surface area (Å²) in [6, 6.07) is 6.08. The molecule has 0 fully saturated rings. The Kier molecular flexibility index (Phi) is 2.17. The highest BCUT2D eigenvalue weighted by molar-refractivity contribution is 9.10.